The summed E-state index contributed by atoms with van der Waals surface area (Å²) in [4.78, 5) is 2.39. The minimum atomic E-state index is -1.39. The molecule has 0 unspecified atom stereocenters. The van der Waals surface area contributed by atoms with Crippen LogP contribution in [0.2, 0.25) is 0 Å². The SMILES string of the molecule is Cc1c(CN2CCNCC2)cc(I)cc1B(O)O. The third-order valence-corrected chi connectivity index (χ3v) is 4.02. The zero-order valence-corrected chi connectivity index (χ0v) is 12.6. The molecule has 0 saturated carbocycles. The zero-order chi connectivity index (χ0) is 13.1. The number of halogens is 1. The van der Waals surface area contributed by atoms with E-state index in [1.54, 1.807) is 0 Å². The quantitative estimate of drug-likeness (QED) is 0.511. The van der Waals surface area contributed by atoms with E-state index in [1.165, 1.54) is 5.56 Å². The Balaban J connectivity index is 2.21. The molecular weight excluding hydrogens is 342 g/mol. The van der Waals surface area contributed by atoms with E-state index >= 15 is 0 Å². The number of piperazine rings is 1. The minimum absolute atomic E-state index is 0.618. The molecular formula is C12H18BIN2O2. The van der Waals surface area contributed by atoms with Crippen molar-refractivity contribution in [2.45, 2.75) is 13.5 Å². The van der Waals surface area contributed by atoms with Gasteiger partial charge in [0.25, 0.3) is 0 Å². The summed E-state index contributed by atoms with van der Waals surface area (Å²) in [5.74, 6) is 0. The summed E-state index contributed by atoms with van der Waals surface area (Å²) >= 11 is 2.22. The molecule has 0 bridgehead atoms. The van der Waals surface area contributed by atoms with E-state index in [0.717, 1.165) is 41.9 Å². The summed E-state index contributed by atoms with van der Waals surface area (Å²) < 4.78 is 1.05. The Morgan fingerprint density at radius 1 is 1.33 bits per heavy atom. The maximum Gasteiger partial charge on any atom is 0.488 e. The van der Waals surface area contributed by atoms with Gasteiger partial charge in [-0.1, -0.05) is 0 Å². The molecule has 1 fully saturated rings. The first-order valence-electron chi connectivity index (χ1n) is 6.16. The first-order chi connectivity index (χ1) is 8.58. The average molecular weight is 360 g/mol. The Morgan fingerprint density at radius 3 is 2.61 bits per heavy atom. The van der Waals surface area contributed by atoms with Crippen molar-refractivity contribution in [3.8, 4) is 0 Å². The minimum Gasteiger partial charge on any atom is -0.423 e. The van der Waals surface area contributed by atoms with Crippen LogP contribution in [-0.2, 0) is 6.54 Å². The van der Waals surface area contributed by atoms with Crippen molar-refractivity contribution >= 4 is 35.2 Å². The van der Waals surface area contributed by atoms with Crippen molar-refractivity contribution in [2.75, 3.05) is 26.2 Å². The molecule has 4 nitrogen and oxygen atoms in total. The number of nitrogens with one attached hydrogen (secondary N) is 1. The molecule has 1 aliphatic heterocycles. The monoisotopic (exact) mass is 360 g/mol. The smallest absolute Gasteiger partial charge is 0.423 e. The first-order valence-corrected chi connectivity index (χ1v) is 7.24. The maximum atomic E-state index is 9.39. The van der Waals surface area contributed by atoms with Crippen LogP contribution in [0.1, 0.15) is 11.1 Å². The van der Waals surface area contributed by atoms with E-state index in [1.807, 2.05) is 13.0 Å². The Hall–Kier alpha value is -0.145. The van der Waals surface area contributed by atoms with Gasteiger partial charge in [-0.25, -0.2) is 0 Å². The second-order valence-corrected chi connectivity index (χ2v) is 5.92. The lowest BCUT2D eigenvalue weighted by Gasteiger charge is -2.28. The predicted octanol–water partition coefficient (Wildman–Crippen LogP) is -0.315. The van der Waals surface area contributed by atoms with Crippen LogP contribution in [0.25, 0.3) is 0 Å². The Kier molecular flexibility index (Phi) is 5.02. The van der Waals surface area contributed by atoms with Gasteiger partial charge in [0.15, 0.2) is 0 Å². The fraction of sp³-hybridized carbons (Fsp3) is 0.500. The van der Waals surface area contributed by atoms with Crippen LogP contribution in [0.3, 0.4) is 0 Å². The second-order valence-electron chi connectivity index (χ2n) is 4.68. The van der Waals surface area contributed by atoms with E-state index in [9.17, 15) is 10.0 Å². The second kappa shape index (κ2) is 6.34. The fourth-order valence-electron chi connectivity index (χ4n) is 2.30. The maximum absolute atomic E-state index is 9.39. The van der Waals surface area contributed by atoms with Crippen LogP contribution in [-0.4, -0.2) is 48.2 Å². The lowest BCUT2D eigenvalue weighted by atomic mass is 9.76. The van der Waals surface area contributed by atoms with Crippen LogP contribution >= 0.6 is 22.6 Å². The molecule has 1 aliphatic rings. The molecule has 3 N–H and O–H groups in total. The predicted molar refractivity (Wildman–Crippen MR) is 81.9 cm³/mol. The Morgan fingerprint density at radius 2 is 2.00 bits per heavy atom. The highest BCUT2D eigenvalue weighted by molar-refractivity contribution is 14.1. The highest BCUT2D eigenvalue weighted by atomic mass is 127. The van der Waals surface area contributed by atoms with Crippen molar-refractivity contribution < 1.29 is 10.0 Å². The van der Waals surface area contributed by atoms with E-state index in [4.69, 9.17) is 0 Å². The lowest BCUT2D eigenvalue weighted by molar-refractivity contribution is 0.233. The highest BCUT2D eigenvalue weighted by Gasteiger charge is 2.19. The molecule has 98 valence electrons. The molecule has 1 aromatic rings. The third kappa shape index (κ3) is 3.45. The van der Waals surface area contributed by atoms with Gasteiger partial charge < -0.3 is 15.4 Å². The average Bonchev–Trinajstić information content (AvgIpc) is 2.34. The zero-order valence-electron chi connectivity index (χ0n) is 10.5. The fourth-order valence-corrected chi connectivity index (χ4v) is 3.01. The Labute approximate surface area is 122 Å². The van der Waals surface area contributed by atoms with Crippen molar-refractivity contribution in [2.24, 2.45) is 0 Å². The van der Waals surface area contributed by atoms with E-state index < -0.39 is 7.12 Å². The number of rotatable bonds is 3. The summed E-state index contributed by atoms with van der Waals surface area (Å²) in [7, 11) is -1.39. The molecule has 0 aliphatic carbocycles. The third-order valence-electron chi connectivity index (χ3n) is 3.40. The molecule has 0 spiro atoms. The van der Waals surface area contributed by atoms with Gasteiger partial charge in [-0.15, -0.1) is 0 Å². The lowest BCUT2D eigenvalue weighted by Crippen LogP contribution is -2.43. The van der Waals surface area contributed by atoms with Crippen LogP contribution < -0.4 is 10.8 Å². The summed E-state index contributed by atoms with van der Waals surface area (Å²) in [6.45, 7) is 6.98. The summed E-state index contributed by atoms with van der Waals surface area (Å²) in [5, 5.41) is 22.1. The number of hydrogen-bond donors (Lipinski definition) is 3. The van der Waals surface area contributed by atoms with Gasteiger partial charge in [0.05, 0.1) is 0 Å². The van der Waals surface area contributed by atoms with Crippen molar-refractivity contribution in [3.05, 3.63) is 26.8 Å². The number of benzene rings is 1. The molecule has 2 rings (SSSR count). The number of nitrogens with zero attached hydrogens (tertiary/aromatic N) is 1. The van der Waals surface area contributed by atoms with Gasteiger partial charge in [0.2, 0.25) is 0 Å². The van der Waals surface area contributed by atoms with Gasteiger partial charge in [-0.3, -0.25) is 4.90 Å². The van der Waals surface area contributed by atoms with Crippen LogP contribution in [0.4, 0.5) is 0 Å². The van der Waals surface area contributed by atoms with Crippen molar-refractivity contribution in [1.82, 2.24) is 10.2 Å². The molecule has 1 heterocycles. The summed E-state index contributed by atoms with van der Waals surface area (Å²) in [5.41, 5.74) is 2.79. The molecule has 0 aromatic heterocycles. The topological polar surface area (TPSA) is 55.7 Å². The standard InChI is InChI=1S/C12H18BIN2O2/c1-9-10(8-16-4-2-15-3-5-16)6-11(14)7-12(9)13(17)18/h6-7,15,17-18H,2-5,8H2,1H3. The van der Waals surface area contributed by atoms with E-state index in [2.05, 4.69) is 38.9 Å². The van der Waals surface area contributed by atoms with Crippen LogP contribution in [0.15, 0.2) is 12.1 Å². The van der Waals surface area contributed by atoms with Gasteiger partial charge in [0.1, 0.15) is 0 Å². The molecule has 1 aromatic carbocycles. The molecule has 0 atom stereocenters. The van der Waals surface area contributed by atoms with Crippen molar-refractivity contribution in [1.29, 1.82) is 0 Å². The summed E-state index contributed by atoms with van der Waals surface area (Å²) in [6, 6.07) is 3.96. The Bertz CT molecular complexity index is 423. The van der Waals surface area contributed by atoms with Gasteiger partial charge in [0, 0.05) is 36.3 Å². The molecule has 0 amide bonds. The molecule has 18 heavy (non-hydrogen) atoms. The molecule has 0 radical (unpaired) electrons. The molecule has 6 heteroatoms. The van der Waals surface area contributed by atoms with Crippen LogP contribution in [0, 0.1) is 10.5 Å². The van der Waals surface area contributed by atoms with E-state index in [0.29, 0.717) is 5.46 Å². The van der Waals surface area contributed by atoms with Crippen molar-refractivity contribution in [3.63, 3.8) is 0 Å². The number of hydrogen-bond acceptors (Lipinski definition) is 4. The van der Waals surface area contributed by atoms with E-state index in [-0.39, 0.29) is 0 Å². The molecule has 1 saturated heterocycles. The largest absolute Gasteiger partial charge is 0.488 e. The van der Waals surface area contributed by atoms with Gasteiger partial charge in [-0.05, 0) is 58.2 Å². The van der Waals surface area contributed by atoms with Gasteiger partial charge in [-0.2, -0.15) is 0 Å². The highest BCUT2D eigenvalue weighted by Crippen LogP contribution is 2.14. The van der Waals surface area contributed by atoms with Gasteiger partial charge >= 0.3 is 7.12 Å². The normalized spacial score (nSPS) is 16.9. The summed E-state index contributed by atoms with van der Waals surface area (Å²) in [6.07, 6.45) is 0. The first kappa shape index (κ1) is 14.3. The van der Waals surface area contributed by atoms with Crippen LogP contribution in [0.5, 0.6) is 0 Å².